The van der Waals surface area contributed by atoms with E-state index in [1.54, 1.807) is 17.4 Å². The van der Waals surface area contributed by atoms with Crippen molar-refractivity contribution in [1.82, 2.24) is 4.98 Å². The fourth-order valence-corrected chi connectivity index (χ4v) is 3.94. The molecular formula is C19H17IN2O3S. The first-order valence-electron chi connectivity index (χ1n) is 8.15. The third-order valence-corrected chi connectivity index (χ3v) is 5.35. The number of halogens is 1. The Bertz CT molecular complexity index is 893. The summed E-state index contributed by atoms with van der Waals surface area (Å²) in [5, 5.41) is 3.72. The maximum atomic E-state index is 11.8. The van der Waals surface area contributed by atoms with E-state index in [0.29, 0.717) is 12.1 Å². The molecule has 1 N–H and O–H groups in total. The van der Waals surface area contributed by atoms with Crippen LogP contribution in [0.1, 0.15) is 17.8 Å². The van der Waals surface area contributed by atoms with Crippen LogP contribution >= 0.6 is 33.9 Å². The number of esters is 1. The Morgan fingerprint density at radius 3 is 2.81 bits per heavy atom. The molecule has 1 amide bonds. The fourth-order valence-electron chi connectivity index (χ4n) is 2.39. The Balaban J connectivity index is 1.38. The van der Waals surface area contributed by atoms with Crippen LogP contribution in [-0.2, 0) is 20.7 Å². The molecule has 7 heteroatoms. The van der Waals surface area contributed by atoms with Crippen molar-refractivity contribution in [3.05, 3.63) is 57.1 Å². The predicted octanol–water partition coefficient (Wildman–Crippen LogP) is 4.41. The van der Waals surface area contributed by atoms with Crippen molar-refractivity contribution in [3.8, 4) is 0 Å². The number of hydrogen-bond donors (Lipinski definition) is 1. The topological polar surface area (TPSA) is 68.3 Å². The zero-order valence-electron chi connectivity index (χ0n) is 13.9. The van der Waals surface area contributed by atoms with Crippen LogP contribution in [0.15, 0.2) is 48.5 Å². The lowest BCUT2D eigenvalue weighted by molar-refractivity contribution is -0.147. The van der Waals surface area contributed by atoms with Crippen molar-refractivity contribution in [3.63, 3.8) is 0 Å². The number of benzene rings is 2. The smallest absolute Gasteiger partial charge is 0.306 e. The standard InChI is InChI=1S/C19H17IN2O3S/c20-13-5-3-6-14(11-13)21-17(23)12-25-19(24)10-4-9-18-22-15-7-1-2-8-16(15)26-18/h1-3,5-8,11H,4,9-10,12H2,(H,21,23). The lowest BCUT2D eigenvalue weighted by atomic mass is 10.2. The van der Waals surface area contributed by atoms with E-state index in [-0.39, 0.29) is 24.9 Å². The summed E-state index contributed by atoms with van der Waals surface area (Å²) in [6.07, 6.45) is 1.65. The first-order valence-corrected chi connectivity index (χ1v) is 10.1. The van der Waals surface area contributed by atoms with Crippen LogP contribution in [0.2, 0.25) is 0 Å². The highest BCUT2D eigenvalue weighted by Gasteiger charge is 2.09. The molecule has 0 saturated carbocycles. The molecule has 0 radical (unpaired) electrons. The van der Waals surface area contributed by atoms with Gasteiger partial charge in [-0.05, 0) is 65.8 Å². The molecule has 0 aliphatic heterocycles. The number of aromatic nitrogens is 1. The number of nitrogens with zero attached hydrogens (tertiary/aromatic N) is 1. The van der Waals surface area contributed by atoms with Crippen molar-refractivity contribution < 1.29 is 14.3 Å². The van der Waals surface area contributed by atoms with Gasteiger partial charge in [0.2, 0.25) is 0 Å². The van der Waals surface area contributed by atoms with Gasteiger partial charge in [-0.25, -0.2) is 4.98 Å². The highest BCUT2D eigenvalue weighted by molar-refractivity contribution is 14.1. The quantitative estimate of drug-likeness (QED) is 0.402. The molecule has 0 saturated heterocycles. The van der Waals surface area contributed by atoms with E-state index in [1.807, 2.05) is 42.5 Å². The van der Waals surface area contributed by atoms with Gasteiger partial charge in [0.15, 0.2) is 6.61 Å². The summed E-state index contributed by atoms with van der Waals surface area (Å²) >= 11 is 3.81. The summed E-state index contributed by atoms with van der Waals surface area (Å²) in [5.41, 5.74) is 1.68. The molecule has 1 heterocycles. The van der Waals surface area contributed by atoms with E-state index >= 15 is 0 Å². The predicted molar refractivity (Wildman–Crippen MR) is 111 cm³/mol. The number of amides is 1. The number of para-hydroxylation sites is 1. The largest absolute Gasteiger partial charge is 0.456 e. The van der Waals surface area contributed by atoms with E-state index in [2.05, 4.69) is 32.9 Å². The van der Waals surface area contributed by atoms with Gasteiger partial charge >= 0.3 is 5.97 Å². The molecule has 0 unspecified atom stereocenters. The van der Waals surface area contributed by atoms with Crippen LogP contribution in [0.5, 0.6) is 0 Å². The fraction of sp³-hybridized carbons (Fsp3) is 0.211. The molecule has 0 atom stereocenters. The van der Waals surface area contributed by atoms with Gasteiger partial charge in [-0.3, -0.25) is 9.59 Å². The highest BCUT2D eigenvalue weighted by atomic mass is 127. The molecule has 0 fully saturated rings. The zero-order chi connectivity index (χ0) is 18.4. The van der Waals surface area contributed by atoms with E-state index in [1.165, 1.54) is 0 Å². The van der Waals surface area contributed by atoms with Gasteiger partial charge in [0.25, 0.3) is 5.91 Å². The van der Waals surface area contributed by atoms with Gasteiger partial charge < -0.3 is 10.1 Å². The first-order chi connectivity index (χ1) is 12.6. The normalized spacial score (nSPS) is 10.7. The summed E-state index contributed by atoms with van der Waals surface area (Å²) < 4.78 is 7.20. The first kappa shape index (κ1) is 18.8. The SMILES string of the molecule is O=C(COC(=O)CCCc1nc2ccccc2s1)Nc1cccc(I)c1. The summed E-state index contributed by atoms with van der Waals surface area (Å²) in [6.45, 7) is -0.272. The number of carbonyl (C=O) groups is 2. The van der Waals surface area contributed by atoms with Crippen molar-refractivity contribution >= 4 is 61.7 Å². The van der Waals surface area contributed by atoms with Gasteiger partial charge in [0, 0.05) is 15.7 Å². The second kappa shape index (κ2) is 9.09. The second-order valence-electron chi connectivity index (χ2n) is 5.65. The van der Waals surface area contributed by atoms with E-state index in [9.17, 15) is 9.59 Å². The second-order valence-corrected chi connectivity index (χ2v) is 8.01. The molecule has 5 nitrogen and oxygen atoms in total. The third-order valence-electron chi connectivity index (χ3n) is 3.58. The highest BCUT2D eigenvalue weighted by Crippen LogP contribution is 2.22. The summed E-state index contributed by atoms with van der Waals surface area (Å²) in [7, 11) is 0. The Labute approximate surface area is 168 Å². The van der Waals surface area contributed by atoms with Gasteiger partial charge in [-0.1, -0.05) is 18.2 Å². The maximum Gasteiger partial charge on any atom is 0.306 e. The van der Waals surface area contributed by atoms with Crippen molar-refractivity contribution in [2.45, 2.75) is 19.3 Å². The Hall–Kier alpha value is -2.00. The Kier molecular flexibility index (Phi) is 6.56. The van der Waals surface area contributed by atoms with Crippen molar-refractivity contribution in [2.24, 2.45) is 0 Å². The van der Waals surface area contributed by atoms with E-state index in [0.717, 1.165) is 25.2 Å². The number of rotatable bonds is 7. The molecule has 3 rings (SSSR count). The molecule has 26 heavy (non-hydrogen) atoms. The van der Waals surface area contributed by atoms with Gasteiger partial charge in [0.05, 0.1) is 15.2 Å². The number of thiazole rings is 1. The zero-order valence-corrected chi connectivity index (χ0v) is 16.9. The van der Waals surface area contributed by atoms with Crippen molar-refractivity contribution in [1.29, 1.82) is 0 Å². The molecule has 134 valence electrons. The number of nitrogens with one attached hydrogen (secondary N) is 1. The van der Waals surface area contributed by atoms with Crippen LogP contribution < -0.4 is 5.32 Å². The summed E-state index contributed by atoms with van der Waals surface area (Å²) in [5.74, 6) is -0.713. The van der Waals surface area contributed by atoms with Gasteiger partial charge in [-0.2, -0.15) is 0 Å². The number of carbonyl (C=O) groups excluding carboxylic acids is 2. The van der Waals surface area contributed by atoms with E-state index in [4.69, 9.17) is 4.74 Å². The monoisotopic (exact) mass is 480 g/mol. The lowest BCUT2D eigenvalue weighted by Gasteiger charge is -2.06. The third kappa shape index (κ3) is 5.50. The average molecular weight is 480 g/mol. The van der Waals surface area contributed by atoms with Crippen LogP contribution in [-0.4, -0.2) is 23.5 Å². The molecular weight excluding hydrogens is 463 g/mol. The maximum absolute atomic E-state index is 11.8. The van der Waals surface area contributed by atoms with Gasteiger partial charge in [0.1, 0.15) is 0 Å². The number of hydrogen-bond acceptors (Lipinski definition) is 5. The summed E-state index contributed by atoms with van der Waals surface area (Å²) in [6, 6.07) is 15.4. The lowest BCUT2D eigenvalue weighted by Crippen LogP contribution is -2.20. The van der Waals surface area contributed by atoms with Crippen LogP contribution in [0.25, 0.3) is 10.2 Å². The Morgan fingerprint density at radius 1 is 1.15 bits per heavy atom. The minimum Gasteiger partial charge on any atom is -0.456 e. The Morgan fingerprint density at radius 2 is 2.00 bits per heavy atom. The number of fused-ring (bicyclic) bond motifs is 1. The van der Waals surface area contributed by atoms with Crippen LogP contribution in [0.4, 0.5) is 5.69 Å². The molecule has 0 spiro atoms. The molecule has 2 aromatic carbocycles. The molecule has 0 aliphatic carbocycles. The van der Waals surface area contributed by atoms with Crippen LogP contribution in [0.3, 0.4) is 0 Å². The summed E-state index contributed by atoms with van der Waals surface area (Å²) in [4.78, 5) is 28.2. The number of aryl methyl sites for hydroxylation is 1. The van der Waals surface area contributed by atoms with Crippen molar-refractivity contribution in [2.75, 3.05) is 11.9 Å². The number of anilines is 1. The molecule has 0 bridgehead atoms. The molecule has 1 aromatic heterocycles. The van der Waals surface area contributed by atoms with E-state index < -0.39 is 0 Å². The van der Waals surface area contributed by atoms with Gasteiger partial charge in [-0.15, -0.1) is 11.3 Å². The minimum absolute atomic E-state index is 0.270. The average Bonchev–Trinajstić information content (AvgIpc) is 3.03. The minimum atomic E-state index is -0.371. The van der Waals surface area contributed by atoms with Crippen LogP contribution in [0, 0.1) is 3.57 Å². The molecule has 0 aliphatic rings. The number of ether oxygens (including phenoxy) is 1. The molecule has 3 aromatic rings.